The molecule has 2 rings (SSSR count). The van der Waals surface area contributed by atoms with Crippen molar-refractivity contribution in [2.45, 2.75) is 46.7 Å². The van der Waals surface area contributed by atoms with Gasteiger partial charge in [-0.1, -0.05) is 6.92 Å². The second kappa shape index (κ2) is 6.75. The smallest absolute Gasteiger partial charge is 0.0738 e. The Morgan fingerprint density at radius 3 is 2.52 bits per heavy atom. The molecule has 21 heavy (non-hydrogen) atoms. The fraction of sp³-hybridized carbons (Fsp3) is 0.600. The quantitative estimate of drug-likeness (QED) is 0.868. The number of likely N-dealkylation sites (N-methyl/N-ethyl adjacent to an activating group) is 1. The highest BCUT2D eigenvalue weighted by Crippen LogP contribution is 2.26. The van der Waals surface area contributed by atoms with Gasteiger partial charge in [0.2, 0.25) is 0 Å². The Morgan fingerprint density at radius 1 is 1.29 bits per heavy atom. The third-order valence-electron chi connectivity index (χ3n) is 3.70. The van der Waals surface area contributed by atoms with E-state index in [9.17, 15) is 0 Å². The lowest BCUT2D eigenvalue weighted by molar-refractivity contribution is 0.485. The molecular formula is C15H24BrN5. The van der Waals surface area contributed by atoms with Gasteiger partial charge in [-0.2, -0.15) is 10.2 Å². The number of hydrogen-bond donors (Lipinski definition) is 1. The zero-order valence-electron chi connectivity index (χ0n) is 13.4. The molecule has 0 aliphatic heterocycles. The van der Waals surface area contributed by atoms with Crippen LogP contribution in [0.3, 0.4) is 0 Å². The number of nitrogens with zero attached hydrogens (tertiary/aromatic N) is 4. The average Bonchev–Trinajstić information content (AvgIpc) is 2.91. The van der Waals surface area contributed by atoms with Crippen molar-refractivity contribution in [3.63, 3.8) is 0 Å². The molecular weight excluding hydrogens is 330 g/mol. The summed E-state index contributed by atoms with van der Waals surface area (Å²) in [5, 5.41) is 12.6. The first kappa shape index (κ1) is 16.2. The van der Waals surface area contributed by atoms with Crippen molar-refractivity contribution in [2.75, 3.05) is 6.54 Å². The summed E-state index contributed by atoms with van der Waals surface area (Å²) < 4.78 is 5.16. The monoisotopic (exact) mass is 353 g/mol. The molecule has 2 heterocycles. The Bertz CT molecular complexity index is 614. The summed E-state index contributed by atoms with van der Waals surface area (Å²) >= 11 is 3.68. The van der Waals surface area contributed by atoms with Crippen LogP contribution in [0.2, 0.25) is 0 Å². The van der Waals surface area contributed by atoms with Crippen LogP contribution in [-0.2, 0) is 20.0 Å². The molecule has 1 N–H and O–H groups in total. The highest BCUT2D eigenvalue weighted by Gasteiger charge is 2.21. The van der Waals surface area contributed by atoms with Gasteiger partial charge in [-0.05, 0) is 49.3 Å². The lowest BCUT2D eigenvalue weighted by Crippen LogP contribution is -2.26. The summed E-state index contributed by atoms with van der Waals surface area (Å²) in [6.07, 6.45) is 0.891. The molecule has 2 aromatic rings. The largest absolute Gasteiger partial charge is 0.309 e. The molecule has 0 saturated carbocycles. The van der Waals surface area contributed by atoms with Gasteiger partial charge >= 0.3 is 0 Å². The van der Waals surface area contributed by atoms with Crippen LogP contribution in [0.15, 0.2) is 10.5 Å². The highest BCUT2D eigenvalue weighted by atomic mass is 79.9. The molecule has 0 spiro atoms. The van der Waals surface area contributed by atoms with E-state index in [1.54, 1.807) is 0 Å². The third kappa shape index (κ3) is 3.37. The maximum absolute atomic E-state index is 4.58. The minimum absolute atomic E-state index is 0.235. The first-order chi connectivity index (χ1) is 9.97. The van der Waals surface area contributed by atoms with Crippen molar-refractivity contribution in [1.82, 2.24) is 24.9 Å². The number of halogens is 1. The minimum Gasteiger partial charge on any atom is -0.309 e. The third-order valence-corrected chi connectivity index (χ3v) is 4.73. The predicted octanol–water partition coefficient (Wildman–Crippen LogP) is 2.91. The Morgan fingerprint density at radius 2 is 2.00 bits per heavy atom. The van der Waals surface area contributed by atoms with Gasteiger partial charge in [0.05, 0.1) is 33.3 Å². The fourth-order valence-corrected chi connectivity index (χ4v) is 3.19. The van der Waals surface area contributed by atoms with Crippen molar-refractivity contribution >= 4 is 15.9 Å². The SMILES string of the molecule is CCNC(Cc1c(Br)c(C)nn1CC)c1cc(C)nn1C. The molecule has 0 aromatic carbocycles. The molecule has 0 saturated heterocycles. The van der Waals surface area contributed by atoms with E-state index in [1.165, 1.54) is 11.4 Å². The zero-order valence-corrected chi connectivity index (χ0v) is 15.0. The van der Waals surface area contributed by atoms with Gasteiger partial charge in [0.25, 0.3) is 0 Å². The molecule has 6 heteroatoms. The van der Waals surface area contributed by atoms with Gasteiger partial charge in [0, 0.05) is 20.0 Å². The van der Waals surface area contributed by atoms with Crippen molar-refractivity contribution < 1.29 is 0 Å². The Kier molecular flexibility index (Phi) is 5.22. The van der Waals surface area contributed by atoms with Crippen LogP contribution < -0.4 is 5.32 Å². The highest BCUT2D eigenvalue weighted by molar-refractivity contribution is 9.10. The normalized spacial score (nSPS) is 12.9. The van der Waals surface area contributed by atoms with Gasteiger partial charge < -0.3 is 5.32 Å². The van der Waals surface area contributed by atoms with Crippen LogP contribution in [0.1, 0.15) is 42.7 Å². The predicted molar refractivity (Wildman–Crippen MR) is 88.4 cm³/mol. The standard InChI is InChI=1S/C15H24BrN5/c1-6-17-12(13-8-10(3)18-20(13)5)9-14-15(16)11(4)19-21(14)7-2/h8,12,17H,6-7,9H2,1-5H3. The molecule has 2 aromatic heterocycles. The molecule has 0 fully saturated rings. The Balaban J connectivity index is 2.35. The van der Waals surface area contributed by atoms with E-state index in [4.69, 9.17) is 0 Å². The lowest BCUT2D eigenvalue weighted by atomic mass is 10.1. The number of nitrogens with one attached hydrogen (secondary N) is 1. The number of rotatable bonds is 6. The van der Waals surface area contributed by atoms with Crippen molar-refractivity contribution in [1.29, 1.82) is 0 Å². The molecule has 0 aliphatic carbocycles. The van der Waals surface area contributed by atoms with Gasteiger partial charge in [-0.3, -0.25) is 9.36 Å². The second-order valence-corrected chi connectivity index (χ2v) is 6.10. The summed E-state index contributed by atoms with van der Waals surface area (Å²) in [6, 6.07) is 2.39. The topological polar surface area (TPSA) is 47.7 Å². The first-order valence-electron chi connectivity index (χ1n) is 7.43. The van der Waals surface area contributed by atoms with Crippen LogP contribution >= 0.6 is 15.9 Å². The average molecular weight is 354 g/mol. The van der Waals surface area contributed by atoms with E-state index in [2.05, 4.69) is 56.0 Å². The molecule has 0 aliphatic rings. The van der Waals surface area contributed by atoms with Crippen LogP contribution in [0.4, 0.5) is 0 Å². The first-order valence-corrected chi connectivity index (χ1v) is 8.22. The molecule has 0 bridgehead atoms. The van der Waals surface area contributed by atoms with Gasteiger partial charge in [-0.25, -0.2) is 0 Å². The number of hydrogen-bond acceptors (Lipinski definition) is 3. The van der Waals surface area contributed by atoms with Crippen LogP contribution in [-0.4, -0.2) is 26.1 Å². The van der Waals surface area contributed by atoms with Gasteiger partial charge in [-0.15, -0.1) is 0 Å². The van der Waals surface area contributed by atoms with E-state index in [1.807, 2.05) is 25.6 Å². The van der Waals surface area contributed by atoms with Crippen LogP contribution in [0.25, 0.3) is 0 Å². The molecule has 1 unspecified atom stereocenters. The van der Waals surface area contributed by atoms with Crippen LogP contribution in [0.5, 0.6) is 0 Å². The van der Waals surface area contributed by atoms with E-state index >= 15 is 0 Å². The van der Waals surface area contributed by atoms with Gasteiger partial charge in [0.15, 0.2) is 0 Å². The van der Waals surface area contributed by atoms with E-state index in [-0.39, 0.29) is 6.04 Å². The summed E-state index contributed by atoms with van der Waals surface area (Å²) in [5.41, 5.74) is 4.54. The molecule has 1 atom stereocenters. The summed E-state index contributed by atoms with van der Waals surface area (Å²) in [6.45, 7) is 10.1. The maximum Gasteiger partial charge on any atom is 0.0738 e. The number of aromatic nitrogens is 4. The van der Waals surface area contributed by atoms with Crippen LogP contribution in [0, 0.1) is 13.8 Å². The maximum atomic E-state index is 4.58. The van der Waals surface area contributed by atoms with E-state index in [0.717, 1.165) is 35.4 Å². The Hall–Kier alpha value is -1.14. The second-order valence-electron chi connectivity index (χ2n) is 5.31. The summed E-state index contributed by atoms with van der Waals surface area (Å²) in [4.78, 5) is 0. The molecule has 116 valence electrons. The van der Waals surface area contributed by atoms with E-state index in [0.29, 0.717) is 0 Å². The van der Waals surface area contributed by atoms with E-state index < -0.39 is 0 Å². The zero-order chi connectivity index (χ0) is 15.6. The molecule has 0 radical (unpaired) electrons. The van der Waals surface area contributed by atoms with Crippen molar-refractivity contribution in [2.24, 2.45) is 7.05 Å². The Labute approximate surface area is 134 Å². The van der Waals surface area contributed by atoms with Crippen molar-refractivity contribution in [3.05, 3.63) is 33.3 Å². The lowest BCUT2D eigenvalue weighted by Gasteiger charge is -2.19. The summed E-state index contributed by atoms with van der Waals surface area (Å²) in [5.74, 6) is 0. The molecule has 5 nitrogen and oxygen atoms in total. The van der Waals surface area contributed by atoms with Crippen molar-refractivity contribution in [3.8, 4) is 0 Å². The summed E-state index contributed by atoms with van der Waals surface area (Å²) in [7, 11) is 2.00. The molecule has 0 amide bonds. The minimum atomic E-state index is 0.235. The number of aryl methyl sites for hydroxylation is 4. The van der Waals surface area contributed by atoms with Gasteiger partial charge in [0.1, 0.15) is 0 Å². The fourth-order valence-electron chi connectivity index (χ4n) is 2.74.